The number of carbonyl (C=O) groups excluding carboxylic acids is 1. The van der Waals surface area contributed by atoms with E-state index in [2.05, 4.69) is 5.32 Å². The number of nitrogens with two attached hydrogens (primary N) is 1. The highest BCUT2D eigenvalue weighted by molar-refractivity contribution is 5.83. The van der Waals surface area contributed by atoms with Gasteiger partial charge in [-0.25, -0.2) is 0 Å². The molecule has 1 aromatic rings. The van der Waals surface area contributed by atoms with Gasteiger partial charge in [-0.15, -0.1) is 0 Å². The lowest BCUT2D eigenvalue weighted by molar-refractivity contribution is -0.123. The van der Waals surface area contributed by atoms with Crippen LogP contribution in [0.1, 0.15) is 24.3 Å². The van der Waals surface area contributed by atoms with Crippen molar-refractivity contribution in [3.05, 3.63) is 35.9 Å². The third kappa shape index (κ3) is 3.09. The van der Waals surface area contributed by atoms with Crippen LogP contribution < -0.4 is 11.1 Å². The normalized spacial score (nSPS) is 24.1. The molecule has 0 radical (unpaired) electrons. The summed E-state index contributed by atoms with van der Waals surface area (Å²) in [5.74, 6) is 0.111. The second-order valence-electron chi connectivity index (χ2n) is 4.94. The maximum Gasteiger partial charge on any atom is 0.228 e. The Morgan fingerprint density at radius 2 is 2.06 bits per heavy atom. The van der Waals surface area contributed by atoms with Crippen LogP contribution in [0.15, 0.2) is 30.3 Å². The first-order chi connectivity index (χ1) is 8.70. The van der Waals surface area contributed by atoms with Gasteiger partial charge in [-0.05, 0) is 24.3 Å². The number of amides is 1. The second kappa shape index (κ2) is 5.98. The predicted octanol–water partition coefficient (Wildman–Crippen LogP) is 0.616. The first-order valence-electron chi connectivity index (χ1n) is 6.41. The zero-order chi connectivity index (χ0) is 13.0. The lowest BCUT2D eigenvalue weighted by atomic mass is 9.82. The molecule has 18 heavy (non-hydrogen) atoms. The van der Waals surface area contributed by atoms with Gasteiger partial charge in [0.1, 0.15) is 0 Å². The number of rotatable bonds is 5. The number of nitrogens with one attached hydrogen (secondary N) is 1. The Labute approximate surface area is 107 Å². The van der Waals surface area contributed by atoms with Crippen LogP contribution in [-0.4, -0.2) is 30.2 Å². The topological polar surface area (TPSA) is 75.4 Å². The van der Waals surface area contributed by atoms with Gasteiger partial charge in [0.05, 0.1) is 12.0 Å². The quantitative estimate of drug-likeness (QED) is 0.715. The van der Waals surface area contributed by atoms with Gasteiger partial charge in [0.15, 0.2) is 0 Å². The molecule has 0 heterocycles. The molecule has 4 heteroatoms. The van der Waals surface area contributed by atoms with Gasteiger partial charge in [-0.2, -0.15) is 0 Å². The van der Waals surface area contributed by atoms with Crippen molar-refractivity contribution in [2.24, 2.45) is 11.7 Å². The fourth-order valence-electron chi connectivity index (χ4n) is 2.32. The highest BCUT2D eigenvalue weighted by Gasteiger charge is 2.28. The summed E-state index contributed by atoms with van der Waals surface area (Å²) in [5, 5.41) is 12.1. The fraction of sp³-hybridized carbons (Fsp3) is 0.500. The third-order valence-electron chi connectivity index (χ3n) is 3.53. The Hall–Kier alpha value is -1.39. The molecule has 0 saturated heterocycles. The molecular weight excluding hydrogens is 228 g/mol. The number of hydrogen-bond acceptors (Lipinski definition) is 3. The van der Waals surface area contributed by atoms with E-state index in [1.54, 1.807) is 0 Å². The first kappa shape index (κ1) is 13.1. The molecule has 4 N–H and O–H groups in total. The molecule has 1 unspecified atom stereocenters. The second-order valence-corrected chi connectivity index (χ2v) is 4.94. The molecule has 1 aliphatic rings. The standard InChI is InChI=1S/C14H20N2O2/c15-8-13(11-4-2-1-3-5-11)14(18)16-9-10-6-12(17)7-10/h1-5,10,12-13,17H,6-9,15H2,(H,16,18). The van der Waals surface area contributed by atoms with Crippen molar-refractivity contribution in [1.82, 2.24) is 5.32 Å². The Morgan fingerprint density at radius 1 is 1.39 bits per heavy atom. The summed E-state index contributed by atoms with van der Waals surface area (Å²) < 4.78 is 0. The van der Waals surface area contributed by atoms with Crippen molar-refractivity contribution in [1.29, 1.82) is 0 Å². The molecule has 98 valence electrons. The Morgan fingerprint density at radius 3 is 2.61 bits per heavy atom. The minimum Gasteiger partial charge on any atom is -0.393 e. The zero-order valence-electron chi connectivity index (χ0n) is 10.4. The van der Waals surface area contributed by atoms with E-state index in [1.165, 1.54) is 0 Å². The van der Waals surface area contributed by atoms with Gasteiger partial charge in [0, 0.05) is 13.1 Å². The van der Waals surface area contributed by atoms with Gasteiger partial charge in [0.2, 0.25) is 5.91 Å². The highest BCUT2D eigenvalue weighted by Crippen LogP contribution is 2.26. The maximum atomic E-state index is 12.0. The number of benzene rings is 1. The van der Waals surface area contributed by atoms with Gasteiger partial charge in [-0.1, -0.05) is 30.3 Å². The summed E-state index contributed by atoms with van der Waals surface area (Å²) in [6.07, 6.45) is 1.41. The van der Waals surface area contributed by atoms with Crippen LogP contribution in [0.5, 0.6) is 0 Å². The predicted molar refractivity (Wildman–Crippen MR) is 70.0 cm³/mol. The zero-order valence-corrected chi connectivity index (χ0v) is 10.4. The van der Waals surface area contributed by atoms with Crippen LogP contribution in [0.2, 0.25) is 0 Å². The third-order valence-corrected chi connectivity index (χ3v) is 3.53. The molecule has 0 spiro atoms. The van der Waals surface area contributed by atoms with Gasteiger partial charge in [-0.3, -0.25) is 4.79 Å². The molecule has 1 atom stereocenters. The Kier molecular flexibility index (Phi) is 4.33. The van der Waals surface area contributed by atoms with Crippen molar-refractivity contribution in [3.63, 3.8) is 0 Å². The summed E-state index contributed by atoms with van der Waals surface area (Å²) in [6.45, 7) is 0.947. The number of aliphatic hydroxyl groups excluding tert-OH is 1. The van der Waals surface area contributed by atoms with E-state index in [-0.39, 0.29) is 17.9 Å². The molecule has 1 saturated carbocycles. The maximum absolute atomic E-state index is 12.0. The summed E-state index contributed by atoms with van der Waals surface area (Å²) in [7, 11) is 0. The lowest BCUT2D eigenvalue weighted by Crippen LogP contribution is -2.41. The molecular formula is C14H20N2O2. The van der Waals surface area contributed by atoms with Gasteiger partial charge >= 0.3 is 0 Å². The number of aliphatic hydroxyl groups is 1. The van der Waals surface area contributed by atoms with E-state index < -0.39 is 0 Å². The fourth-order valence-corrected chi connectivity index (χ4v) is 2.32. The lowest BCUT2D eigenvalue weighted by Gasteiger charge is -2.31. The van der Waals surface area contributed by atoms with Crippen LogP contribution in [0, 0.1) is 5.92 Å². The van der Waals surface area contributed by atoms with E-state index in [9.17, 15) is 9.90 Å². The molecule has 1 aromatic carbocycles. The summed E-state index contributed by atoms with van der Waals surface area (Å²) in [4.78, 5) is 12.0. The van der Waals surface area contributed by atoms with Crippen molar-refractivity contribution in [2.75, 3.05) is 13.1 Å². The van der Waals surface area contributed by atoms with Crippen LogP contribution in [0.4, 0.5) is 0 Å². The molecule has 1 aliphatic carbocycles. The van der Waals surface area contributed by atoms with Crippen LogP contribution >= 0.6 is 0 Å². The molecule has 1 amide bonds. The van der Waals surface area contributed by atoms with E-state index in [0.717, 1.165) is 18.4 Å². The van der Waals surface area contributed by atoms with Crippen molar-refractivity contribution in [2.45, 2.75) is 24.9 Å². The van der Waals surface area contributed by atoms with E-state index in [1.807, 2.05) is 30.3 Å². The molecule has 4 nitrogen and oxygen atoms in total. The smallest absolute Gasteiger partial charge is 0.228 e. The number of carbonyl (C=O) groups is 1. The molecule has 0 aliphatic heterocycles. The van der Waals surface area contributed by atoms with E-state index in [0.29, 0.717) is 19.0 Å². The molecule has 0 bridgehead atoms. The van der Waals surface area contributed by atoms with Crippen LogP contribution in [0.25, 0.3) is 0 Å². The molecule has 2 rings (SSSR count). The summed E-state index contributed by atoms with van der Waals surface area (Å²) in [5.41, 5.74) is 6.63. The SMILES string of the molecule is NCC(C(=O)NCC1CC(O)C1)c1ccccc1. The monoisotopic (exact) mass is 248 g/mol. The first-order valence-corrected chi connectivity index (χ1v) is 6.41. The average Bonchev–Trinajstić information content (AvgIpc) is 2.35. The Bertz CT molecular complexity index is 388. The van der Waals surface area contributed by atoms with Crippen molar-refractivity contribution >= 4 is 5.91 Å². The summed E-state index contributed by atoms with van der Waals surface area (Å²) in [6, 6.07) is 9.58. The van der Waals surface area contributed by atoms with Gasteiger partial charge in [0.25, 0.3) is 0 Å². The van der Waals surface area contributed by atoms with Crippen molar-refractivity contribution in [3.8, 4) is 0 Å². The van der Waals surface area contributed by atoms with E-state index in [4.69, 9.17) is 5.73 Å². The van der Waals surface area contributed by atoms with Crippen LogP contribution in [-0.2, 0) is 4.79 Å². The van der Waals surface area contributed by atoms with Gasteiger partial charge < -0.3 is 16.2 Å². The van der Waals surface area contributed by atoms with Crippen LogP contribution in [0.3, 0.4) is 0 Å². The summed E-state index contributed by atoms with van der Waals surface area (Å²) >= 11 is 0. The average molecular weight is 248 g/mol. The van der Waals surface area contributed by atoms with Crippen molar-refractivity contribution < 1.29 is 9.90 Å². The molecule has 1 fully saturated rings. The minimum absolute atomic E-state index is 0.0231. The Balaban J connectivity index is 1.86. The largest absolute Gasteiger partial charge is 0.393 e. The van der Waals surface area contributed by atoms with E-state index >= 15 is 0 Å². The number of hydrogen-bond donors (Lipinski definition) is 3. The molecule has 0 aromatic heterocycles. The minimum atomic E-state index is -0.281. The highest BCUT2D eigenvalue weighted by atomic mass is 16.3.